The second-order valence-electron chi connectivity index (χ2n) is 6.18. The molecule has 1 atom stereocenters. The van der Waals surface area contributed by atoms with Crippen LogP contribution >= 0.6 is 12.4 Å². The Kier molecular flexibility index (Phi) is 9.03. The van der Waals surface area contributed by atoms with Gasteiger partial charge in [0.25, 0.3) is 0 Å². The highest BCUT2D eigenvalue weighted by Crippen LogP contribution is 2.19. The van der Waals surface area contributed by atoms with Crippen molar-refractivity contribution < 1.29 is 9.53 Å². The fourth-order valence-corrected chi connectivity index (χ4v) is 2.95. The zero-order valence-electron chi connectivity index (χ0n) is 14.2. The lowest BCUT2D eigenvalue weighted by atomic mass is 9.95. The summed E-state index contributed by atoms with van der Waals surface area (Å²) < 4.78 is 5.68. The molecular weight excluding hydrogens is 312 g/mol. The molecule has 0 spiro atoms. The van der Waals surface area contributed by atoms with E-state index < -0.39 is 0 Å². The summed E-state index contributed by atoms with van der Waals surface area (Å²) in [5.74, 6) is 1.89. The second-order valence-corrected chi connectivity index (χ2v) is 6.18. The van der Waals surface area contributed by atoms with Gasteiger partial charge in [0.15, 0.2) is 0 Å². The number of hydrogen-bond acceptors (Lipinski definition) is 3. The largest absolute Gasteiger partial charge is 0.494 e. The first-order valence-corrected chi connectivity index (χ1v) is 8.32. The fraction of sp³-hybridized carbons (Fsp3) is 0.611. The van der Waals surface area contributed by atoms with Gasteiger partial charge in [-0.05, 0) is 50.9 Å². The number of amides is 1. The summed E-state index contributed by atoms with van der Waals surface area (Å²) >= 11 is 0. The van der Waals surface area contributed by atoms with Crippen LogP contribution in [0.1, 0.15) is 26.2 Å². The number of carbonyl (C=O) groups excluding carboxylic acids is 1. The zero-order valence-corrected chi connectivity index (χ0v) is 15.0. The van der Waals surface area contributed by atoms with Crippen molar-refractivity contribution in [3.63, 3.8) is 0 Å². The highest BCUT2D eigenvalue weighted by Gasteiger charge is 2.25. The van der Waals surface area contributed by atoms with Gasteiger partial charge >= 0.3 is 0 Å². The van der Waals surface area contributed by atoms with Gasteiger partial charge in [0.2, 0.25) is 5.91 Å². The Labute approximate surface area is 146 Å². The molecule has 2 rings (SSSR count). The van der Waals surface area contributed by atoms with E-state index in [1.165, 1.54) is 0 Å². The zero-order chi connectivity index (χ0) is 15.8. The van der Waals surface area contributed by atoms with E-state index in [9.17, 15) is 4.79 Å². The predicted octanol–water partition coefficient (Wildman–Crippen LogP) is 2.97. The van der Waals surface area contributed by atoms with Crippen molar-refractivity contribution in [3.8, 4) is 5.75 Å². The molecule has 130 valence electrons. The fourth-order valence-electron chi connectivity index (χ4n) is 2.95. The van der Waals surface area contributed by atoms with Crippen molar-refractivity contribution >= 4 is 18.3 Å². The molecule has 0 radical (unpaired) electrons. The maximum Gasteiger partial charge on any atom is 0.225 e. The maximum atomic E-state index is 12.5. The number of ether oxygens (including phenoxy) is 1. The first-order chi connectivity index (χ1) is 10.7. The van der Waals surface area contributed by atoms with Crippen molar-refractivity contribution in [2.45, 2.75) is 26.2 Å². The van der Waals surface area contributed by atoms with Crippen molar-refractivity contribution in [2.24, 2.45) is 11.8 Å². The quantitative estimate of drug-likeness (QED) is 0.829. The molecule has 5 heteroatoms. The van der Waals surface area contributed by atoms with E-state index in [0.29, 0.717) is 12.5 Å². The molecule has 1 aliphatic rings. The molecule has 4 nitrogen and oxygen atoms in total. The Balaban J connectivity index is 0.00000264. The van der Waals surface area contributed by atoms with Gasteiger partial charge in [-0.1, -0.05) is 25.1 Å². The van der Waals surface area contributed by atoms with Gasteiger partial charge in [-0.25, -0.2) is 0 Å². The van der Waals surface area contributed by atoms with E-state index in [4.69, 9.17) is 4.74 Å². The molecule has 0 saturated carbocycles. The van der Waals surface area contributed by atoms with Gasteiger partial charge in [-0.3, -0.25) is 4.79 Å². The molecule has 1 heterocycles. The standard InChI is InChI=1S/C18H28N2O2.ClH/c1-15(10-13-22-17-6-4-3-5-7-17)18(21)20-11-8-16(9-12-20)14-19-2;/h3-7,15-16,19H,8-14H2,1-2H3;1H. The van der Waals surface area contributed by atoms with Crippen molar-refractivity contribution in [1.82, 2.24) is 10.2 Å². The smallest absolute Gasteiger partial charge is 0.225 e. The van der Waals surface area contributed by atoms with Gasteiger partial charge in [-0.15, -0.1) is 12.4 Å². The molecule has 0 bridgehead atoms. The third kappa shape index (κ3) is 6.40. The van der Waals surface area contributed by atoms with Crippen molar-refractivity contribution in [1.29, 1.82) is 0 Å². The summed E-state index contributed by atoms with van der Waals surface area (Å²) in [6.07, 6.45) is 2.99. The minimum absolute atomic E-state index is 0. The average Bonchev–Trinajstić information content (AvgIpc) is 2.56. The van der Waals surface area contributed by atoms with Crippen LogP contribution in [0.15, 0.2) is 30.3 Å². The van der Waals surface area contributed by atoms with E-state index >= 15 is 0 Å². The minimum atomic E-state index is 0. The van der Waals surface area contributed by atoms with Gasteiger partial charge in [-0.2, -0.15) is 0 Å². The first kappa shape index (κ1) is 19.8. The van der Waals surface area contributed by atoms with E-state index in [1.54, 1.807) is 0 Å². The SMILES string of the molecule is CNCC1CCN(C(=O)C(C)CCOc2ccccc2)CC1.Cl. The van der Waals surface area contributed by atoms with Gasteiger partial charge in [0, 0.05) is 19.0 Å². The van der Waals surface area contributed by atoms with Crippen LogP contribution in [0, 0.1) is 11.8 Å². The first-order valence-electron chi connectivity index (χ1n) is 8.32. The number of benzene rings is 1. The number of piperidine rings is 1. The van der Waals surface area contributed by atoms with Crippen LogP contribution in [0.2, 0.25) is 0 Å². The molecule has 1 amide bonds. The number of rotatable bonds is 7. The van der Waals surface area contributed by atoms with Crippen molar-refractivity contribution in [2.75, 3.05) is 33.3 Å². The molecule has 1 fully saturated rings. The summed E-state index contributed by atoms with van der Waals surface area (Å²) in [5, 5.41) is 3.23. The van der Waals surface area contributed by atoms with Gasteiger partial charge in [0.05, 0.1) is 6.61 Å². The third-order valence-electron chi connectivity index (χ3n) is 4.40. The van der Waals surface area contributed by atoms with Crippen LogP contribution < -0.4 is 10.1 Å². The molecule has 1 N–H and O–H groups in total. The average molecular weight is 341 g/mol. The molecule has 1 aliphatic heterocycles. The third-order valence-corrected chi connectivity index (χ3v) is 4.40. The van der Waals surface area contributed by atoms with E-state index in [-0.39, 0.29) is 24.2 Å². The molecule has 0 aliphatic carbocycles. The van der Waals surface area contributed by atoms with Crippen LogP contribution in [0.5, 0.6) is 5.75 Å². The lowest BCUT2D eigenvalue weighted by Gasteiger charge is -2.33. The van der Waals surface area contributed by atoms with E-state index in [2.05, 4.69) is 5.32 Å². The number of nitrogens with zero attached hydrogens (tertiary/aromatic N) is 1. The number of likely N-dealkylation sites (tertiary alicyclic amines) is 1. The van der Waals surface area contributed by atoms with E-state index in [1.807, 2.05) is 49.2 Å². The number of carbonyl (C=O) groups is 1. The Morgan fingerprint density at radius 3 is 2.57 bits per heavy atom. The highest BCUT2D eigenvalue weighted by atomic mass is 35.5. The topological polar surface area (TPSA) is 41.6 Å². The van der Waals surface area contributed by atoms with Crippen LogP contribution in [0.3, 0.4) is 0 Å². The monoisotopic (exact) mass is 340 g/mol. The Bertz CT molecular complexity index is 448. The Hall–Kier alpha value is -1.26. The second kappa shape index (κ2) is 10.5. The van der Waals surface area contributed by atoms with Gasteiger partial charge in [0.1, 0.15) is 5.75 Å². The molecule has 1 saturated heterocycles. The van der Waals surface area contributed by atoms with Crippen LogP contribution in [-0.4, -0.2) is 44.1 Å². The molecule has 1 unspecified atom stereocenters. The maximum absolute atomic E-state index is 12.5. The van der Waals surface area contributed by atoms with Crippen LogP contribution in [0.4, 0.5) is 0 Å². The lowest BCUT2D eigenvalue weighted by Crippen LogP contribution is -2.42. The number of halogens is 1. The van der Waals surface area contributed by atoms with E-state index in [0.717, 1.165) is 44.6 Å². The molecule has 1 aromatic carbocycles. The molecule has 1 aromatic rings. The lowest BCUT2D eigenvalue weighted by molar-refractivity contribution is -0.136. The predicted molar refractivity (Wildman–Crippen MR) is 96.2 cm³/mol. The molecule has 23 heavy (non-hydrogen) atoms. The Morgan fingerprint density at radius 1 is 1.30 bits per heavy atom. The summed E-state index contributed by atoms with van der Waals surface area (Å²) in [5.41, 5.74) is 0. The van der Waals surface area contributed by atoms with Crippen LogP contribution in [-0.2, 0) is 4.79 Å². The number of hydrogen-bond donors (Lipinski definition) is 1. The molecular formula is C18H29ClN2O2. The summed E-state index contributed by atoms with van der Waals surface area (Å²) in [4.78, 5) is 14.5. The van der Waals surface area contributed by atoms with Gasteiger partial charge < -0.3 is 15.0 Å². The Morgan fingerprint density at radius 2 is 1.96 bits per heavy atom. The van der Waals surface area contributed by atoms with Crippen molar-refractivity contribution in [3.05, 3.63) is 30.3 Å². The van der Waals surface area contributed by atoms with Crippen LogP contribution in [0.25, 0.3) is 0 Å². The summed E-state index contributed by atoms with van der Waals surface area (Å²) in [7, 11) is 1.99. The summed E-state index contributed by atoms with van der Waals surface area (Å²) in [6, 6.07) is 9.77. The highest BCUT2D eigenvalue weighted by molar-refractivity contribution is 5.85. The minimum Gasteiger partial charge on any atom is -0.494 e. The summed E-state index contributed by atoms with van der Waals surface area (Å²) in [6.45, 7) is 5.45. The number of para-hydroxylation sites is 1. The number of nitrogens with one attached hydrogen (secondary N) is 1. The normalized spacial score (nSPS) is 16.5. The molecule has 0 aromatic heterocycles.